The van der Waals surface area contributed by atoms with E-state index >= 15 is 0 Å². The van der Waals surface area contributed by atoms with Crippen LogP contribution in [0.2, 0.25) is 0 Å². The summed E-state index contributed by atoms with van der Waals surface area (Å²) in [6, 6.07) is 0. The molecule has 1 saturated heterocycles. The second kappa shape index (κ2) is 3.61. The van der Waals surface area contributed by atoms with Crippen molar-refractivity contribution >= 4 is 20.2 Å². The zero-order chi connectivity index (χ0) is 11.0. The Bertz CT molecular complexity index is 397. The first kappa shape index (κ1) is 11.6. The lowest BCUT2D eigenvalue weighted by atomic mass is 10.2. The summed E-state index contributed by atoms with van der Waals surface area (Å²) >= 11 is 0. The molecule has 0 aliphatic carbocycles. The maximum Gasteiger partial charge on any atom is 0.286 e. The van der Waals surface area contributed by atoms with Crippen LogP contribution >= 0.6 is 0 Å². The van der Waals surface area contributed by atoms with Gasteiger partial charge in [0, 0.05) is 6.42 Å². The topological polar surface area (TPSA) is 86.7 Å². The van der Waals surface area contributed by atoms with Crippen LogP contribution in [0.15, 0.2) is 12.2 Å². The first-order valence-electron chi connectivity index (χ1n) is 3.66. The molecule has 1 aliphatic rings. The predicted octanol–water partition coefficient (Wildman–Crippen LogP) is -0.0574. The quantitative estimate of drug-likeness (QED) is 0.498. The van der Waals surface area contributed by atoms with Crippen LogP contribution in [0, 0.1) is 0 Å². The fourth-order valence-corrected chi connectivity index (χ4v) is 3.71. The Morgan fingerprint density at radius 1 is 1.29 bits per heavy atom. The Labute approximate surface area is 82.8 Å². The van der Waals surface area contributed by atoms with Crippen molar-refractivity contribution in [3.8, 4) is 0 Å². The first-order valence-corrected chi connectivity index (χ1v) is 6.82. The lowest BCUT2D eigenvalue weighted by molar-refractivity contribution is 0.0125. The van der Waals surface area contributed by atoms with Crippen LogP contribution in [-0.2, 0) is 28.6 Å². The molecule has 0 aromatic carbocycles. The molecule has 14 heavy (non-hydrogen) atoms. The molecule has 0 saturated carbocycles. The Morgan fingerprint density at radius 2 is 1.71 bits per heavy atom. The first-order chi connectivity index (χ1) is 6.20. The van der Waals surface area contributed by atoms with Gasteiger partial charge < -0.3 is 0 Å². The predicted molar refractivity (Wildman–Crippen MR) is 48.1 cm³/mol. The van der Waals surface area contributed by atoms with Gasteiger partial charge in [-0.3, -0.25) is 0 Å². The maximum atomic E-state index is 10.9. The minimum absolute atomic E-state index is 0.0263. The molecule has 1 aliphatic heterocycles. The molecule has 0 unspecified atom stereocenters. The second-order valence-electron chi connectivity index (χ2n) is 3.02. The lowest BCUT2D eigenvalue weighted by Crippen LogP contribution is -2.36. The van der Waals surface area contributed by atoms with Crippen LogP contribution in [0.25, 0.3) is 0 Å². The Hall–Kier alpha value is -0.440. The van der Waals surface area contributed by atoms with Crippen LogP contribution in [0.1, 0.15) is 13.3 Å². The minimum atomic E-state index is -4.04. The molecule has 0 aromatic rings. The fourth-order valence-electron chi connectivity index (χ4n) is 0.928. The SMILES string of the molecule is C=C(C)CC1OS(=O)(=O)CS(=O)(=O)O1. The van der Waals surface area contributed by atoms with E-state index in [1.165, 1.54) is 0 Å². The molecular formula is C6H10O6S2. The van der Waals surface area contributed by atoms with Crippen LogP contribution in [0.4, 0.5) is 0 Å². The molecule has 1 fully saturated rings. The molecule has 8 heteroatoms. The largest absolute Gasteiger partial charge is 0.286 e. The van der Waals surface area contributed by atoms with Crippen molar-refractivity contribution in [1.82, 2.24) is 0 Å². The average Bonchev–Trinajstić information content (AvgIpc) is 1.74. The van der Waals surface area contributed by atoms with E-state index in [2.05, 4.69) is 14.9 Å². The van der Waals surface area contributed by atoms with E-state index < -0.39 is 31.6 Å². The molecule has 0 atom stereocenters. The van der Waals surface area contributed by atoms with E-state index in [9.17, 15) is 16.8 Å². The minimum Gasteiger partial charge on any atom is -0.236 e. The molecule has 1 heterocycles. The highest BCUT2D eigenvalue weighted by Crippen LogP contribution is 2.20. The molecule has 0 bridgehead atoms. The van der Waals surface area contributed by atoms with Crippen molar-refractivity contribution in [2.24, 2.45) is 0 Å². The number of hydrogen-bond donors (Lipinski definition) is 0. The molecule has 1 rings (SSSR count). The van der Waals surface area contributed by atoms with Crippen molar-refractivity contribution in [3.63, 3.8) is 0 Å². The normalized spacial score (nSPS) is 25.8. The van der Waals surface area contributed by atoms with Gasteiger partial charge in [-0.25, -0.2) is 8.37 Å². The van der Waals surface area contributed by atoms with Gasteiger partial charge in [0.1, 0.15) is 0 Å². The summed E-state index contributed by atoms with van der Waals surface area (Å²) in [4.78, 5) is 0. The molecule has 0 N–H and O–H groups in total. The van der Waals surface area contributed by atoms with Gasteiger partial charge in [-0.05, 0) is 6.92 Å². The summed E-state index contributed by atoms with van der Waals surface area (Å²) in [6.07, 6.45) is -1.28. The fraction of sp³-hybridized carbons (Fsp3) is 0.667. The van der Waals surface area contributed by atoms with E-state index in [0.29, 0.717) is 5.57 Å². The highest BCUT2D eigenvalue weighted by Gasteiger charge is 2.36. The molecule has 0 spiro atoms. The van der Waals surface area contributed by atoms with Crippen molar-refractivity contribution in [2.75, 3.05) is 5.08 Å². The van der Waals surface area contributed by atoms with Crippen molar-refractivity contribution in [1.29, 1.82) is 0 Å². The number of hydrogen-bond acceptors (Lipinski definition) is 6. The van der Waals surface area contributed by atoms with Gasteiger partial charge >= 0.3 is 0 Å². The Kier molecular flexibility index (Phi) is 3.00. The van der Waals surface area contributed by atoms with E-state index in [0.717, 1.165) is 0 Å². The zero-order valence-corrected chi connectivity index (χ0v) is 9.10. The monoisotopic (exact) mass is 242 g/mol. The van der Waals surface area contributed by atoms with Gasteiger partial charge in [-0.15, -0.1) is 0 Å². The lowest BCUT2D eigenvalue weighted by Gasteiger charge is -2.21. The Morgan fingerprint density at radius 3 is 2.07 bits per heavy atom. The summed E-state index contributed by atoms with van der Waals surface area (Å²) < 4.78 is 52.6. The van der Waals surface area contributed by atoms with E-state index in [-0.39, 0.29) is 6.42 Å². The third-order valence-corrected chi connectivity index (χ3v) is 4.64. The maximum absolute atomic E-state index is 10.9. The summed E-state index contributed by atoms with van der Waals surface area (Å²) in [5, 5.41) is -1.13. The van der Waals surface area contributed by atoms with E-state index in [1.807, 2.05) is 0 Å². The molecule has 82 valence electrons. The molecule has 0 aromatic heterocycles. The van der Waals surface area contributed by atoms with Gasteiger partial charge in [-0.1, -0.05) is 12.2 Å². The van der Waals surface area contributed by atoms with Crippen LogP contribution in [0.5, 0.6) is 0 Å². The number of rotatable bonds is 2. The van der Waals surface area contributed by atoms with Gasteiger partial charge in [0.2, 0.25) is 5.08 Å². The third kappa shape index (κ3) is 3.37. The molecule has 0 amide bonds. The smallest absolute Gasteiger partial charge is 0.236 e. The average molecular weight is 242 g/mol. The van der Waals surface area contributed by atoms with Crippen LogP contribution in [0.3, 0.4) is 0 Å². The Balaban J connectivity index is 2.88. The highest BCUT2D eigenvalue weighted by atomic mass is 32.3. The van der Waals surface area contributed by atoms with Gasteiger partial charge in [0.25, 0.3) is 20.2 Å². The van der Waals surface area contributed by atoms with Crippen molar-refractivity contribution in [2.45, 2.75) is 19.6 Å². The van der Waals surface area contributed by atoms with Crippen LogP contribution < -0.4 is 0 Å². The van der Waals surface area contributed by atoms with Crippen molar-refractivity contribution < 1.29 is 25.2 Å². The third-order valence-electron chi connectivity index (χ3n) is 1.31. The van der Waals surface area contributed by atoms with Gasteiger partial charge in [0.15, 0.2) is 6.29 Å². The summed E-state index contributed by atoms with van der Waals surface area (Å²) in [6.45, 7) is 5.11. The van der Waals surface area contributed by atoms with Crippen molar-refractivity contribution in [3.05, 3.63) is 12.2 Å². The summed E-state index contributed by atoms with van der Waals surface area (Å²) in [5.74, 6) is 0. The molecule has 0 radical (unpaired) electrons. The summed E-state index contributed by atoms with van der Waals surface area (Å²) in [7, 11) is -8.08. The highest BCUT2D eigenvalue weighted by molar-refractivity contribution is 8.04. The van der Waals surface area contributed by atoms with Gasteiger partial charge in [0.05, 0.1) is 0 Å². The van der Waals surface area contributed by atoms with Crippen LogP contribution in [-0.4, -0.2) is 28.2 Å². The second-order valence-corrected chi connectivity index (χ2v) is 6.57. The standard InChI is InChI=1S/C6H10O6S2/c1-5(2)3-6-11-13(7,8)4-14(9,10)12-6/h6H,1,3-4H2,2H3. The zero-order valence-electron chi connectivity index (χ0n) is 7.46. The van der Waals surface area contributed by atoms with Gasteiger partial charge in [-0.2, -0.15) is 16.8 Å². The van der Waals surface area contributed by atoms with E-state index in [4.69, 9.17) is 0 Å². The molecule has 6 nitrogen and oxygen atoms in total. The molecular weight excluding hydrogens is 232 g/mol. The van der Waals surface area contributed by atoms with E-state index in [1.54, 1.807) is 6.92 Å². The summed E-state index contributed by atoms with van der Waals surface area (Å²) in [5.41, 5.74) is 0.572.